The van der Waals surface area contributed by atoms with Gasteiger partial charge < -0.3 is 4.90 Å². The molecule has 1 aliphatic heterocycles. The van der Waals surface area contributed by atoms with E-state index in [2.05, 4.69) is 4.98 Å². The smallest absolute Gasteiger partial charge is 0.309 e. The molecule has 5 nitrogen and oxygen atoms in total. The van der Waals surface area contributed by atoms with Crippen molar-refractivity contribution in [1.82, 2.24) is 9.88 Å². The topological polar surface area (TPSA) is 53.5 Å². The number of carbonyl (C=O) groups excluding carboxylic acids is 2. The van der Waals surface area contributed by atoms with Crippen molar-refractivity contribution in [1.29, 1.82) is 0 Å². The zero-order valence-electron chi connectivity index (χ0n) is 11.2. The normalized spacial score (nSPS) is 24.0. The summed E-state index contributed by atoms with van der Waals surface area (Å²) in [5, 5.41) is 0. The largest absolute Gasteiger partial charge is 0.333 e. The van der Waals surface area contributed by atoms with Gasteiger partial charge in [0.05, 0.1) is 0 Å². The van der Waals surface area contributed by atoms with E-state index in [0.717, 1.165) is 24.8 Å². The Bertz CT molecular complexity index is 539. The summed E-state index contributed by atoms with van der Waals surface area (Å²) >= 11 is 0. The van der Waals surface area contributed by atoms with Crippen LogP contribution in [0.5, 0.6) is 0 Å². The lowest BCUT2D eigenvalue weighted by Gasteiger charge is -2.35. The van der Waals surface area contributed by atoms with E-state index < -0.39 is 0 Å². The minimum absolute atomic E-state index is 0.171. The molecule has 2 aliphatic rings. The maximum atomic E-state index is 12.5. The molecule has 100 valence electrons. The first-order valence-corrected chi connectivity index (χ1v) is 6.68. The number of rotatable bonds is 2. The molecule has 0 N–H and O–H groups in total. The van der Waals surface area contributed by atoms with Crippen LogP contribution in [-0.4, -0.2) is 33.9 Å². The third kappa shape index (κ3) is 1.80. The van der Waals surface area contributed by atoms with Gasteiger partial charge in [-0.1, -0.05) is 0 Å². The van der Waals surface area contributed by atoms with E-state index in [1.54, 1.807) is 24.1 Å². The van der Waals surface area contributed by atoms with Crippen LogP contribution in [0.4, 0.5) is 10.6 Å². The number of aromatic nitrogens is 1. The van der Waals surface area contributed by atoms with Gasteiger partial charge in [-0.15, -0.1) is 0 Å². The summed E-state index contributed by atoms with van der Waals surface area (Å²) in [6, 6.07) is 3.25. The van der Waals surface area contributed by atoms with E-state index in [9.17, 15) is 9.59 Å². The lowest BCUT2D eigenvalue weighted by Crippen LogP contribution is -2.46. The molecule has 1 saturated carbocycles. The Morgan fingerprint density at radius 2 is 2.05 bits per heavy atom. The molecule has 0 aromatic carbocycles. The number of aryl methyl sites for hydroxylation is 1. The summed E-state index contributed by atoms with van der Waals surface area (Å²) in [5.41, 5.74) is 0.986. The first kappa shape index (κ1) is 12.1. The van der Waals surface area contributed by atoms with Gasteiger partial charge in [0.2, 0.25) is 0 Å². The van der Waals surface area contributed by atoms with Crippen LogP contribution in [0.3, 0.4) is 0 Å². The van der Waals surface area contributed by atoms with E-state index in [1.807, 2.05) is 13.0 Å². The SMILES string of the molecule is Cc1ccnc(N2C(=O)C(C)N(C3CCC3)C2=O)c1. The summed E-state index contributed by atoms with van der Waals surface area (Å²) in [6.07, 6.45) is 4.76. The minimum atomic E-state index is -0.375. The first-order chi connectivity index (χ1) is 9.09. The number of pyridine rings is 1. The standard InChI is InChI=1S/C14H17N3O2/c1-9-6-7-15-12(8-9)17-13(18)10(2)16(14(17)19)11-4-3-5-11/h6-8,10-11H,3-5H2,1-2H3. The summed E-state index contributed by atoms with van der Waals surface area (Å²) in [7, 11) is 0. The molecular formula is C14H17N3O2. The second-order valence-electron chi connectivity index (χ2n) is 5.32. The fraction of sp³-hybridized carbons (Fsp3) is 0.500. The second-order valence-corrected chi connectivity index (χ2v) is 5.32. The number of hydrogen-bond acceptors (Lipinski definition) is 3. The highest BCUT2D eigenvalue weighted by molar-refractivity contribution is 6.20. The fourth-order valence-corrected chi connectivity index (χ4v) is 2.67. The molecule has 1 atom stereocenters. The summed E-state index contributed by atoms with van der Waals surface area (Å²) in [6.45, 7) is 3.72. The number of amides is 3. The van der Waals surface area contributed by atoms with Gasteiger partial charge in [0.25, 0.3) is 5.91 Å². The molecule has 2 heterocycles. The van der Waals surface area contributed by atoms with Crippen molar-refractivity contribution in [2.45, 2.75) is 45.2 Å². The second kappa shape index (κ2) is 4.33. The highest BCUT2D eigenvalue weighted by Gasteiger charge is 2.48. The van der Waals surface area contributed by atoms with E-state index >= 15 is 0 Å². The monoisotopic (exact) mass is 259 g/mol. The average molecular weight is 259 g/mol. The van der Waals surface area contributed by atoms with Crippen LogP contribution in [-0.2, 0) is 4.79 Å². The van der Waals surface area contributed by atoms with Crippen molar-refractivity contribution in [3.8, 4) is 0 Å². The van der Waals surface area contributed by atoms with Crippen LogP contribution in [0, 0.1) is 6.92 Å². The van der Waals surface area contributed by atoms with E-state index in [4.69, 9.17) is 0 Å². The number of nitrogens with zero attached hydrogens (tertiary/aromatic N) is 3. The highest BCUT2D eigenvalue weighted by atomic mass is 16.2. The molecule has 2 fully saturated rings. The van der Waals surface area contributed by atoms with Crippen molar-refractivity contribution in [3.05, 3.63) is 23.9 Å². The van der Waals surface area contributed by atoms with Crippen LogP contribution in [0.25, 0.3) is 0 Å². The Morgan fingerprint density at radius 1 is 1.32 bits per heavy atom. The van der Waals surface area contributed by atoms with Gasteiger partial charge >= 0.3 is 6.03 Å². The molecule has 5 heteroatoms. The van der Waals surface area contributed by atoms with Crippen molar-refractivity contribution in [3.63, 3.8) is 0 Å². The summed E-state index contributed by atoms with van der Waals surface area (Å²) < 4.78 is 0. The van der Waals surface area contributed by atoms with E-state index in [0.29, 0.717) is 5.82 Å². The van der Waals surface area contributed by atoms with Crippen LogP contribution in [0.2, 0.25) is 0 Å². The summed E-state index contributed by atoms with van der Waals surface area (Å²) in [4.78, 5) is 31.9. The molecule has 1 aliphatic carbocycles. The highest BCUT2D eigenvalue weighted by Crippen LogP contribution is 2.33. The number of anilines is 1. The Morgan fingerprint density at radius 3 is 2.63 bits per heavy atom. The van der Waals surface area contributed by atoms with E-state index in [-0.39, 0.29) is 24.0 Å². The molecule has 19 heavy (non-hydrogen) atoms. The predicted molar refractivity (Wildman–Crippen MR) is 70.8 cm³/mol. The van der Waals surface area contributed by atoms with Gasteiger partial charge in [-0.2, -0.15) is 0 Å². The third-order valence-corrected chi connectivity index (χ3v) is 4.01. The lowest BCUT2D eigenvalue weighted by atomic mass is 9.91. The van der Waals surface area contributed by atoms with Gasteiger partial charge in [-0.25, -0.2) is 14.7 Å². The molecule has 3 rings (SSSR count). The Kier molecular flexibility index (Phi) is 2.77. The van der Waals surface area contributed by atoms with Crippen LogP contribution >= 0.6 is 0 Å². The zero-order valence-corrected chi connectivity index (χ0v) is 11.2. The molecule has 0 bridgehead atoms. The van der Waals surface area contributed by atoms with Crippen LogP contribution in [0.15, 0.2) is 18.3 Å². The molecule has 3 amide bonds. The summed E-state index contributed by atoms with van der Waals surface area (Å²) in [5.74, 6) is 0.263. The van der Waals surface area contributed by atoms with Crippen LogP contribution in [0.1, 0.15) is 31.7 Å². The Hall–Kier alpha value is -1.91. The molecule has 0 radical (unpaired) electrons. The van der Waals surface area contributed by atoms with Gasteiger partial charge in [0.1, 0.15) is 11.9 Å². The third-order valence-electron chi connectivity index (χ3n) is 4.01. The minimum Gasteiger partial charge on any atom is -0.309 e. The molecular weight excluding hydrogens is 242 g/mol. The van der Waals surface area contributed by atoms with Crippen molar-refractivity contribution >= 4 is 17.8 Å². The molecule has 1 unspecified atom stereocenters. The van der Waals surface area contributed by atoms with Gasteiger partial charge in [0, 0.05) is 12.2 Å². The maximum absolute atomic E-state index is 12.5. The number of hydrogen-bond donors (Lipinski definition) is 0. The lowest BCUT2D eigenvalue weighted by molar-refractivity contribution is -0.119. The molecule has 1 aromatic heterocycles. The fourth-order valence-electron chi connectivity index (χ4n) is 2.67. The predicted octanol–water partition coefficient (Wildman–Crippen LogP) is 2.10. The first-order valence-electron chi connectivity index (χ1n) is 6.68. The zero-order chi connectivity index (χ0) is 13.6. The quantitative estimate of drug-likeness (QED) is 0.764. The number of imide groups is 1. The Balaban J connectivity index is 1.94. The van der Waals surface area contributed by atoms with Crippen molar-refractivity contribution in [2.75, 3.05) is 4.90 Å². The number of urea groups is 1. The van der Waals surface area contributed by atoms with Gasteiger partial charge in [0.15, 0.2) is 0 Å². The van der Waals surface area contributed by atoms with Crippen molar-refractivity contribution < 1.29 is 9.59 Å². The van der Waals surface area contributed by atoms with Gasteiger partial charge in [-0.3, -0.25) is 4.79 Å². The van der Waals surface area contributed by atoms with Gasteiger partial charge in [-0.05, 0) is 50.8 Å². The van der Waals surface area contributed by atoms with Crippen LogP contribution < -0.4 is 4.90 Å². The molecule has 0 spiro atoms. The van der Waals surface area contributed by atoms with E-state index in [1.165, 1.54) is 4.90 Å². The average Bonchev–Trinajstić information content (AvgIpc) is 2.52. The molecule has 1 aromatic rings. The maximum Gasteiger partial charge on any atom is 0.333 e. The molecule has 1 saturated heterocycles. The number of carbonyl (C=O) groups is 2. The Labute approximate surface area is 112 Å². The van der Waals surface area contributed by atoms with Crippen molar-refractivity contribution in [2.24, 2.45) is 0 Å².